The third-order valence-corrected chi connectivity index (χ3v) is 8.64. The van der Waals surface area contributed by atoms with Gasteiger partial charge in [0.1, 0.15) is 5.75 Å². The first kappa shape index (κ1) is 27.5. The summed E-state index contributed by atoms with van der Waals surface area (Å²) in [5.74, 6) is 0.998. The second-order valence-electron chi connectivity index (χ2n) is 11.5. The second kappa shape index (κ2) is 11.8. The fraction of sp³-hybridized carbons (Fsp3) is 0.0476. The third-order valence-electron chi connectivity index (χ3n) is 8.64. The molecule has 0 fully saturated rings. The molecule has 0 saturated carbocycles. The summed E-state index contributed by atoms with van der Waals surface area (Å²) in [5, 5.41) is 13.0. The Balaban J connectivity index is 1.12. The molecule has 0 spiro atoms. The van der Waals surface area contributed by atoms with Gasteiger partial charge in [-0.1, -0.05) is 133 Å². The first-order valence-corrected chi connectivity index (χ1v) is 15.6. The highest BCUT2D eigenvalue weighted by Gasteiger charge is 2.16. The number of benzene rings is 6. The number of allylic oxidation sites excluding steroid dienone is 1. The summed E-state index contributed by atoms with van der Waals surface area (Å²) in [6.07, 6.45) is 3.93. The van der Waals surface area contributed by atoms with Crippen molar-refractivity contribution in [2.75, 3.05) is 0 Å². The zero-order chi connectivity index (χ0) is 30.9. The van der Waals surface area contributed by atoms with Crippen LogP contribution in [0.5, 0.6) is 5.75 Å². The Morgan fingerprint density at radius 2 is 1.11 bits per heavy atom. The number of phenols is 1. The molecular weight excluding hydrogens is 562 g/mol. The van der Waals surface area contributed by atoms with Crippen molar-refractivity contribution >= 4 is 39.1 Å². The van der Waals surface area contributed by atoms with E-state index in [0.717, 1.165) is 85.4 Å². The van der Waals surface area contributed by atoms with E-state index in [0.29, 0.717) is 0 Å². The molecule has 1 N–H and O–H groups in total. The molecule has 4 nitrogen and oxygen atoms in total. The molecule has 1 aliphatic rings. The summed E-state index contributed by atoms with van der Waals surface area (Å²) in [6, 6.07) is 51.7. The van der Waals surface area contributed by atoms with E-state index in [1.807, 2.05) is 42.5 Å². The van der Waals surface area contributed by atoms with Gasteiger partial charge >= 0.3 is 0 Å². The number of fused-ring (bicyclic) bond motifs is 3. The Bertz CT molecular complexity index is 2280. The number of aromatic hydroxyl groups is 1. The summed E-state index contributed by atoms with van der Waals surface area (Å²) in [5.41, 5.74) is 10.3. The van der Waals surface area contributed by atoms with Crippen molar-refractivity contribution in [3.63, 3.8) is 0 Å². The van der Waals surface area contributed by atoms with Gasteiger partial charge < -0.3 is 9.67 Å². The predicted octanol–water partition coefficient (Wildman–Crippen LogP) is 10.2. The zero-order valence-corrected chi connectivity index (χ0v) is 25.2. The minimum absolute atomic E-state index is 0.275. The van der Waals surface area contributed by atoms with E-state index in [2.05, 4.69) is 114 Å². The average Bonchev–Trinajstić information content (AvgIpc) is 3.45. The van der Waals surface area contributed by atoms with Gasteiger partial charge in [-0.15, -0.1) is 0 Å². The minimum Gasteiger partial charge on any atom is -0.506 e. The van der Waals surface area contributed by atoms with Crippen LogP contribution in [0, 0.1) is 0 Å². The normalized spacial score (nSPS) is 16.9. The highest BCUT2D eigenvalue weighted by atomic mass is 16.3. The highest BCUT2D eigenvalue weighted by Crippen LogP contribution is 2.37. The molecular formula is C42H31N3O. The molecule has 6 aromatic carbocycles. The van der Waals surface area contributed by atoms with E-state index in [4.69, 9.17) is 9.98 Å². The predicted molar refractivity (Wildman–Crippen MR) is 191 cm³/mol. The summed E-state index contributed by atoms with van der Waals surface area (Å²) < 4.78 is 2.14. The molecule has 220 valence electrons. The Morgan fingerprint density at radius 1 is 0.500 bits per heavy atom. The Kier molecular flexibility index (Phi) is 7.08. The van der Waals surface area contributed by atoms with Crippen LogP contribution in [0.15, 0.2) is 168 Å². The van der Waals surface area contributed by atoms with Gasteiger partial charge in [-0.25, -0.2) is 9.98 Å². The van der Waals surface area contributed by atoms with Crippen molar-refractivity contribution in [1.29, 1.82) is 0 Å². The molecule has 7 aromatic rings. The number of nitrogens with zero attached hydrogens (tertiary/aromatic N) is 3. The molecule has 0 bridgehead atoms. The fourth-order valence-electron chi connectivity index (χ4n) is 6.36. The van der Waals surface area contributed by atoms with E-state index in [-0.39, 0.29) is 5.75 Å². The highest BCUT2D eigenvalue weighted by molar-refractivity contribution is 6.14. The maximum atomic E-state index is 10.8. The molecule has 1 aliphatic heterocycles. The van der Waals surface area contributed by atoms with E-state index in [1.165, 1.54) is 0 Å². The van der Waals surface area contributed by atoms with E-state index in [1.54, 1.807) is 6.07 Å². The topological polar surface area (TPSA) is 49.9 Å². The maximum absolute atomic E-state index is 10.8. The van der Waals surface area contributed by atoms with Crippen LogP contribution in [0.3, 0.4) is 0 Å². The molecule has 0 aliphatic carbocycles. The van der Waals surface area contributed by atoms with Crippen LogP contribution in [-0.4, -0.2) is 21.2 Å². The van der Waals surface area contributed by atoms with Crippen molar-refractivity contribution in [2.24, 2.45) is 9.98 Å². The van der Waals surface area contributed by atoms with Crippen LogP contribution in [0.1, 0.15) is 29.5 Å². The molecule has 46 heavy (non-hydrogen) atoms. The second-order valence-corrected chi connectivity index (χ2v) is 11.5. The lowest BCUT2D eigenvalue weighted by Gasteiger charge is -2.13. The number of hydrogen-bond donors (Lipinski definition) is 1. The van der Waals surface area contributed by atoms with Gasteiger partial charge in [-0.3, -0.25) is 0 Å². The van der Waals surface area contributed by atoms with Crippen LogP contribution < -0.4 is 0 Å². The standard InChI is InChI=1S/C42H31N3O/c46-40-20-9-16-36-35-15-7-8-19-39(35)45(41(36)40)34-27-25-30(26-28-34)29-21-23-32(24-22-29)38-18-10-17-37(31-11-3-1-4-12-31)43-42(44-38)33-13-5-2-6-14-33/h1-9,11-16,18-28,46H,10,17H2/b38-18-,43-37-,44-42-. The molecule has 0 unspecified atom stereocenters. The number of aromatic nitrogens is 1. The van der Waals surface area contributed by atoms with Crippen LogP contribution in [0.25, 0.3) is 44.3 Å². The number of aliphatic imine (C=N–C) groups is 2. The van der Waals surface area contributed by atoms with Crippen LogP contribution >= 0.6 is 0 Å². The quantitative estimate of drug-likeness (QED) is 0.212. The van der Waals surface area contributed by atoms with Crippen molar-refractivity contribution in [3.8, 4) is 22.6 Å². The van der Waals surface area contributed by atoms with Crippen LogP contribution in [0.2, 0.25) is 0 Å². The van der Waals surface area contributed by atoms with Crippen LogP contribution in [-0.2, 0) is 0 Å². The van der Waals surface area contributed by atoms with Gasteiger partial charge in [-0.2, -0.15) is 0 Å². The monoisotopic (exact) mass is 593 g/mol. The number of rotatable bonds is 5. The van der Waals surface area contributed by atoms with E-state index in [9.17, 15) is 5.11 Å². The molecule has 8 rings (SSSR count). The number of phenolic OH excluding ortho intramolecular Hbond substituents is 1. The molecule has 0 saturated heterocycles. The van der Waals surface area contributed by atoms with Crippen molar-refractivity contribution in [2.45, 2.75) is 12.8 Å². The largest absolute Gasteiger partial charge is 0.506 e. The fourth-order valence-corrected chi connectivity index (χ4v) is 6.36. The Hall–Kier alpha value is -6.00. The Morgan fingerprint density at radius 3 is 1.85 bits per heavy atom. The molecule has 4 heteroatoms. The first-order valence-electron chi connectivity index (χ1n) is 15.6. The lowest BCUT2D eigenvalue weighted by molar-refractivity contribution is 0.480. The van der Waals surface area contributed by atoms with E-state index >= 15 is 0 Å². The molecule has 2 heterocycles. The average molecular weight is 594 g/mol. The van der Waals surface area contributed by atoms with Crippen molar-refractivity contribution < 1.29 is 5.11 Å². The lowest BCUT2D eigenvalue weighted by atomic mass is 10.0. The lowest BCUT2D eigenvalue weighted by Crippen LogP contribution is -2.09. The number of hydrogen-bond acceptors (Lipinski definition) is 3. The number of amidine groups is 1. The molecule has 1 aromatic heterocycles. The zero-order valence-electron chi connectivity index (χ0n) is 25.2. The Labute approximate surface area is 268 Å². The maximum Gasteiger partial charge on any atom is 0.160 e. The molecule has 0 radical (unpaired) electrons. The van der Waals surface area contributed by atoms with Gasteiger partial charge in [0, 0.05) is 22.0 Å². The molecule has 0 atom stereocenters. The summed E-state index contributed by atoms with van der Waals surface area (Å²) >= 11 is 0. The van der Waals surface area contributed by atoms with Gasteiger partial charge in [0.2, 0.25) is 0 Å². The van der Waals surface area contributed by atoms with Gasteiger partial charge in [0.15, 0.2) is 5.84 Å². The van der Waals surface area contributed by atoms with Gasteiger partial charge in [0.25, 0.3) is 0 Å². The smallest absolute Gasteiger partial charge is 0.160 e. The molecule has 0 amide bonds. The van der Waals surface area contributed by atoms with Crippen LogP contribution in [0.4, 0.5) is 0 Å². The summed E-state index contributed by atoms with van der Waals surface area (Å²) in [7, 11) is 0. The van der Waals surface area contributed by atoms with Crippen molar-refractivity contribution in [3.05, 3.63) is 174 Å². The minimum atomic E-state index is 0.275. The SMILES string of the molecule is Oc1cccc2c3ccccc3n(-c3ccc(-c4ccc(C5=C/CC/C(c6ccccc6)=N/C(c6ccccc6)=N\5)cc4)cc3)c12. The van der Waals surface area contributed by atoms with Gasteiger partial charge in [0.05, 0.1) is 22.4 Å². The summed E-state index contributed by atoms with van der Waals surface area (Å²) in [6.45, 7) is 0. The number of para-hydroxylation sites is 2. The summed E-state index contributed by atoms with van der Waals surface area (Å²) in [4.78, 5) is 10.2. The first-order chi connectivity index (χ1) is 22.7. The van der Waals surface area contributed by atoms with Gasteiger partial charge in [-0.05, 0) is 59.4 Å². The van der Waals surface area contributed by atoms with E-state index < -0.39 is 0 Å². The van der Waals surface area contributed by atoms with Crippen molar-refractivity contribution in [1.82, 2.24) is 4.57 Å². The third kappa shape index (κ3) is 5.10.